The Labute approximate surface area is 295 Å². The van der Waals surface area contributed by atoms with E-state index in [1.807, 2.05) is 0 Å². The minimum absolute atomic E-state index is 0.0462. The highest BCUT2D eigenvalue weighted by Crippen LogP contribution is 2.29. The molecule has 278 valence electrons. The minimum Gasteiger partial charge on any atom is -0.508 e. The van der Waals surface area contributed by atoms with E-state index in [9.17, 15) is 39.9 Å². The van der Waals surface area contributed by atoms with Crippen molar-refractivity contribution in [1.82, 2.24) is 10.2 Å². The number of piperidine rings is 1. The molecule has 15 nitrogen and oxygen atoms in total. The van der Waals surface area contributed by atoms with Gasteiger partial charge in [0.2, 0.25) is 5.91 Å². The summed E-state index contributed by atoms with van der Waals surface area (Å²) in [7, 11) is 0. The van der Waals surface area contributed by atoms with Crippen LogP contribution in [0.1, 0.15) is 61.9 Å². The zero-order valence-corrected chi connectivity index (χ0v) is 29.2. The van der Waals surface area contributed by atoms with Gasteiger partial charge in [-0.3, -0.25) is 9.59 Å². The van der Waals surface area contributed by atoms with Crippen LogP contribution in [0.3, 0.4) is 0 Å². The van der Waals surface area contributed by atoms with Crippen molar-refractivity contribution in [1.29, 1.82) is 0 Å². The van der Waals surface area contributed by atoms with E-state index in [1.54, 1.807) is 43.1 Å². The molecule has 2 aliphatic rings. The van der Waals surface area contributed by atoms with Gasteiger partial charge in [0.05, 0.1) is 30.7 Å². The van der Waals surface area contributed by atoms with Crippen LogP contribution in [0.25, 0.3) is 0 Å². The molecule has 2 heterocycles. The van der Waals surface area contributed by atoms with Crippen molar-refractivity contribution in [3.05, 3.63) is 47.6 Å². The number of fused-ring (bicyclic) bond motifs is 1. The summed E-state index contributed by atoms with van der Waals surface area (Å²) in [5.74, 6) is -2.14. The Kier molecular flexibility index (Phi) is 17.0. The topological polar surface area (TPSA) is 228 Å². The molecule has 2 amide bonds. The van der Waals surface area contributed by atoms with Crippen molar-refractivity contribution in [2.75, 3.05) is 38.7 Å². The minimum atomic E-state index is -1.52. The number of ether oxygens (including phenoxy) is 2. The van der Waals surface area contributed by atoms with Crippen LogP contribution < -0.4 is 5.32 Å². The summed E-state index contributed by atoms with van der Waals surface area (Å²) in [4.78, 5) is 45.9. The van der Waals surface area contributed by atoms with Crippen LogP contribution in [0.15, 0.2) is 41.6 Å². The summed E-state index contributed by atoms with van der Waals surface area (Å²) in [5.41, 5.74) is -0.299. The standard InChI is InChI=1S/C34H49N3O12S/c1-21-8-6-9-24(35-30(43)20-50-22(2)49-29(18-39)33(45)28(42)17-38)10-7-11-25(36-47-19-31(44)37-12-4-3-5-13-37)14-23-15-26(40)16-27(41)32(23)34(46)48-21/h6-7,9,11,15-16,21-22,24,28-29,33,38-42,45H,3-5,8,10,12-14,17-20H2,1-2H3,(H,35,43)/b9-6+,11-7+,36-25-/t21-,22+,24-,28?,29?,33+/m1/s1. The fourth-order valence-electron chi connectivity index (χ4n) is 5.34. The molecule has 0 bridgehead atoms. The van der Waals surface area contributed by atoms with Gasteiger partial charge in [-0.2, -0.15) is 0 Å². The summed E-state index contributed by atoms with van der Waals surface area (Å²) in [6.07, 6.45) is 5.47. The lowest BCUT2D eigenvalue weighted by atomic mass is 9.99. The Morgan fingerprint density at radius 2 is 1.84 bits per heavy atom. The molecular weight excluding hydrogens is 674 g/mol. The third-order valence-corrected chi connectivity index (χ3v) is 9.00. The second-order valence-corrected chi connectivity index (χ2v) is 13.4. The average Bonchev–Trinajstić information content (AvgIpc) is 3.08. The Morgan fingerprint density at radius 3 is 2.54 bits per heavy atom. The molecular formula is C34H49N3O12S. The first-order valence-corrected chi connectivity index (χ1v) is 17.7. The number of hydrogen-bond donors (Lipinski definition) is 7. The van der Waals surface area contributed by atoms with Crippen molar-refractivity contribution in [3.63, 3.8) is 0 Å². The third kappa shape index (κ3) is 13.2. The highest BCUT2D eigenvalue weighted by Gasteiger charge is 2.28. The highest BCUT2D eigenvalue weighted by molar-refractivity contribution is 8.00. The lowest BCUT2D eigenvalue weighted by molar-refractivity contribution is -0.137. The molecule has 6 atom stereocenters. The number of phenols is 2. The van der Waals surface area contributed by atoms with Crippen LogP contribution in [-0.4, -0.2) is 134 Å². The molecule has 7 N–H and O–H groups in total. The number of rotatable bonds is 13. The fourth-order valence-corrected chi connectivity index (χ4v) is 6.03. The first-order chi connectivity index (χ1) is 23.9. The molecule has 0 spiro atoms. The Bertz CT molecular complexity index is 1370. The number of esters is 1. The molecule has 3 rings (SSSR count). The van der Waals surface area contributed by atoms with Crippen LogP contribution in [-0.2, 0) is 30.3 Å². The van der Waals surface area contributed by atoms with E-state index in [0.717, 1.165) is 37.1 Å². The van der Waals surface area contributed by atoms with Gasteiger partial charge in [-0.15, -0.1) is 11.8 Å². The molecule has 2 unspecified atom stereocenters. The van der Waals surface area contributed by atoms with Crippen molar-refractivity contribution >= 4 is 35.3 Å². The first kappa shape index (κ1) is 40.8. The van der Waals surface area contributed by atoms with Crippen molar-refractivity contribution in [2.24, 2.45) is 5.16 Å². The van der Waals surface area contributed by atoms with E-state index in [0.29, 0.717) is 25.9 Å². The highest BCUT2D eigenvalue weighted by atomic mass is 32.2. The van der Waals surface area contributed by atoms with E-state index in [2.05, 4.69) is 10.5 Å². The SMILES string of the molecule is C[C@@H]1C/C=C/[C@@H](NC(=O)CS[C@@H](C)OC(CO)[C@@H](O)C(O)CO)C/C=C/C(=N/OCC(=O)N2CCCCC2)Cc2cc(O)cc(O)c2C(=O)O1. The van der Waals surface area contributed by atoms with Gasteiger partial charge in [0.1, 0.15) is 46.9 Å². The number of aromatic hydroxyl groups is 2. The number of carbonyl (C=O) groups is 3. The van der Waals surface area contributed by atoms with Gasteiger partial charge >= 0.3 is 5.97 Å². The number of benzene rings is 1. The molecule has 16 heteroatoms. The number of oxime groups is 1. The van der Waals surface area contributed by atoms with Crippen LogP contribution >= 0.6 is 11.8 Å². The van der Waals surface area contributed by atoms with Gasteiger partial charge in [0, 0.05) is 32.0 Å². The predicted octanol–water partition coefficient (Wildman–Crippen LogP) is 1.13. The maximum Gasteiger partial charge on any atom is 0.342 e. The van der Waals surface area contributed by atoms with Gasteiger partial charge in [0.25, 0.3) is 5.91 Å². The Balaban J connectivity index is 1.76. The molecule has 1 saturated heterocycles. The molecule has 1 aromatic carbocycles. The van der Waals surface area contributed by atoms with E-state index in [1.165, 1.54) is 6.07 Å². The summed E-state index contributed by atoms with van der Waals surface area (Å²) in [6, 6.07) is 1.86. The quantitative estimate of drug-likeness (QED) is 0.0657. The number of carbonyl (C=O) groups excluding carboxylic acids is 3. The Hall–Kier alpha value is -3.67. The van der Waals surface area contributed by atoms with Gasteiger partial charge < -0.3 is 55.2 Å². The number of allylic oxidation sites excluding steroid dienone is 1. The normalized spacial score (nSPS) is 23.4. The number of aliphatic hydroxyl groups is 4. The number of likely N-dealkylation sites (tertiary alicyclic amines) is 1. The number of nitrogens with one attached hydrogen (secondary N) is 1. The number of nitrogens with zero attached hydrogens (tertiary/aromatic N) is 2. The van der Waals surface area contributed by atoms with Crippen LogP contribution in [0.5, 0.6) is 11.5 Å². The zero-order chi connectivity index (χ0) is 36.6. The molecule has 2 aliphatic heterocycles. The molecule has 0 radical (unpaired) electrons. The van der Waals surface area contributed by atoms with E-state index >= 15 is 0 Å². The van der Waals surface area contributed by atoms with Crippen LogP contribution in [0.4, 0.5) is 0 Å². The number of thioether (sulfide) groups is 1. The van der Waals surface area contributed by atoms with Crippen LogP contribution in [0.2, 0.25) is 0 Å². The first-order valence-electron chi connectivity index (χ1n) is 16.6. The van der Waals surface area contributed by atoms with Gasteiger partial charge in [0.15, 0.2) is 6.61 Å². The van der Waals surface area contributed by atoms with Gasteiger partial charge in [-0.05, 0) is 57.2 Å². The molecule has 50 heavy (non-hydrogen) atoms. The van der Waals surface area contributed by atoms with E-state index < -0.39 is 60.8 Å². The summed E-state index contributed by atoms with van der Waals surface area (Å²) in [5, 5.41) is 66.2. The number of aliphatic hydroxyl groups excluding tert-OH is 4. The number of hydrogen-bond acceptors (Lipinski definition) is 14. The lowest BCUT2D eigenvalue weighted by Gasteiger charge is -2.27. The predicted molar refractivity (Wildman–Crippen MR) is 185 cm³/mol. The van der Waals surface area contributed by atoms with Crippen molar-refractivity contribution < 1.29 is 59.3 Å². The van der Waals surface area contributed by atoms with Gasteiger partial charge in [-0.1, -0.05) is 23.4 Å². The molecule has 0 saturated carbocycles. The Morgan fingerprint density at radius 1 is 1.10 bits per heavy atom. The van der Waals surface area contributed by atoms with Crippen molar-refractivity contribution in [3.8, 4) is 11.5 Å². The lowest BCUT2D eigenvalue weighted by Crippen LogP contribution is -2.44. The molecule has 0 aromatic heterocycles. The number of amides is 2. The van der Waals surface area contributed by atoms with Gasteiger partial charge in [-0.25, -0.2) is 4.79 Å². The smallest absolute Gasteiger partial charge is 0.342 e. The van der Waals surface area contributed by atoms with Crippen molar-refractivity contribution in [2.45, 2.75) is 88.3 Å². The average molecular weight is 724 g/mol. The third-order valence-electron chi connectivity index (χ3n) is 7.99. The maximum atomic E-state index is 13.2. The van der Waals surface area contributed by atoms with E-state index in [4.69, 9.17) is 19.4 Å². The zero-order valence-electron chi connectivity index (χ0n) is 28.3. The summed E-state index contributed by atoms with van der Waals surface area (Å²) < 4.78 is 11.1. The number of phenolic OH excluding ortho intramolecular Hbond substituents is 2. The largest absolute Gasteiger partial charge is 0.508 e. The summed E-state index contributed by atoms with van der Waals surface area (Å²) in [6.45, 7) is 2.97. The molecule has 1 fully saturated rings. The van der Waals surface area contributed by atoms with Crippen LogP contribution in [0, 0.1) is 0 Å². The summed E-state index contributed by atoms with van der Waals surface area (Å²) >= 11 is 1.09. The molecule has 1 aromatic rings. The molecule has 0 aliphatic carbocycles. The number of cyclic esters (lactones) is 1. The monoisotopic (exact) mass is 723 g/mol. The van der Waals surface area contributed by atoms with E-state index in [-0.39, 0.29) is 53.2 Å². The second-order valence-electron chi connectivity index (χ2n) is 12.1. The fraction of sp³-hybridized carbons (Fsp3) is 0.588. The second kappa shape index (κ2) is 20.9. The maximum absolute atomic E-state index is 13.2.